The number of aromatic nitrogens is 1. The molecule has 4 rings (SSSR count). The molecule has 146 valence electrons. The van der Waals surface area contributed by atoms with Crippen molar-refractivity contribution < 1.29 is 13.6 Å². The molecule has 0 saturated carbocycles. The van der Waals surface area contributed by atoms with Gasteiger partial charge in [0.15, 0.2) is 11.6 Å². The van der Waals surface area contributed by atoms with Crippen LogP contribution in [0.4, 0.5) is 14.5 Å². The summed E-state index contributed by atoms with van der Waals surface area (Å²) in [5, 5.41) is 3.95. The van der Waals surface area contributed by atoms with Gasteiger partial charge in [0.05, 0.1) is 6.04 Å². The smallest absolute Gasteiger partial charge is 0.241 e. The lowest BCUT2D eigenvalue weighted by Gasteiger charge is -2.35. The molecular formula is C22H23F2N3O. The predicted molar refractivity (Wildman–Crippen MR) is 106 cm³/mol. The third-order valence-electron chi connectivity index (χ3n) is 5.70. The van der Waals surface area contributed by atoms with Crippen LogP contribution in [0.1, 0.15) is 31.2 Å². The zero-order chi connectivity index (χ0) is 19.7. The van der Waals surface area contributed by atoms with Crippen LogP contribution < -0.4 is 5.32 Å². The Bertz CT molecular complexity index is 992. The van der Waals surface area contributed by atoms with Crippen molar-refractivity contribution in [1.82, 2.24) is 9.88 Å². The fraction of sp³-hybridized carbons (Fsp3) is 0.318. The van der Waals surface area contributed by atoms with Gasteiger partial charge in [-0.15, -0.1) is 0 Å². The molecule has 0 radical (unpaired) electrons. The molecule has 0 bridgehead atoms. The second-order valence-electron chi connectivity index (χ2n) is 7.39. The molecule has 28 heavy (non-hydrogen) atoms. The van der Waals surface area contributed by atoms with Crippen LogP contribution in [0.25, 0.3) is 10.9 Å². The number of nitrogens with zero attached hydrogens (tertiary/aromatic N) is 1. The molecule has 1 fully saturated rings. The maximum atomic E-state index is 13.3. The highest BCUT2D eigenvalue weighted by Crippen LogP contribution is 2.33. The number of likely N-dealkylation sites (tertiary alicyclic amines) is 1. The number of fused-ring (bicyclic) bond motifs is 1. The minimum atomic E-state index is -0.968. The number of amides is 1. The number of halogens is 2. The summed E-state index contributed by atoms with van der Waals surface area (Å²) in [6, 6.07) is 11.4. The molecule has 1 aliphatic rings. The largest absolute Gasteiger partial charge is 0.361 e. The Morgan fingerprint density at radius 1 is 1.14 bits per heavy atom. The normalized spacial score (nSPS) is 17.0. The molecular weight excluding hydrogens is 360 g/mol. The van der Waals surface area contributed by atoms with Gasteiger partial charge in [-0.25, -0.2) is 8.78 Å². The number of hydrogen-bond acceptors (Lipinski definition) is 2. The van der Waals surface area contributed by atoms with Crippen LogP contribution in [0.2, 0.25) is 0 Å². The van der Waals surface area contributed by atoms with Crippen molar-refractivity contribution in [3.8, 4) is 0 Å². The van der Waals surface area contributed by atoms with Gasteiger partial charge in [-0.1, -0.05) is 18.2 Å². The molecule has 6 heteroatoms. The molecule has 1 atom stereocenters. The summed E-state index contributed by atoms with van der Waals surface area (Å²) in [6.07, 6.45) is 4.06. The molecule has 4 nitrogen and oxygen atoms in total. The van der Waals surface area contributed by atoms with Gasteiger partial charge >= 0.3 is 0 Å². The number of H-pyrrole nitrogens is 1. The first-order valence-electron chi connectivity index (χ1n) is 9.59. The maximum Gasteiger partial charge on any atom is 0.241 e. The zero-order valence-electron chi connectivity index (χ0n) is 15.7. The van der Waals surface area contributed by atoms with E-state index >= 15 is 0 Å². The molecule has 0 unspecified atom stereocenters. The lowest BCUT2D eigenvalue weighted by molar-refractivity contribution is -0.121. The number of benzene rings is 2. The number of piperidine rings is 1. The Balaban J connectivity index is 1.37. The van der Waals surface area contributed by atoms with Gasteiger partial charge in [-0.3, -0.25) is 9.69 Å². The molecule has 2 N–H and O–H groups in total. The molecule has 0 aliphatic carbocycles. The average Bonchev–Trinajstić information content (AvgIpc) is 3.14. The number of carbonyl (C=O) groups is 1. The number of carbonyl (C=O) groups excluding carboxylic acids is 1. The lowest BCUT2D eigenvalue weighted by Crippen LogP contribution is -2.45. The first kappa shape index (κ1) is 18.6. The number of hydrogen-bond donors (Lipinski definition) is 2. The first-order chi connectivity index (χ1) is 13.5. The Morgan fingerprint density at radius 3 is 2.64 bits per heavy atom. The Labute approximate surface area is 162 Å². The molecule has 2 heterocycles. The zero-order valence-corrected chi connectivity index (χ0v) is 15.7. The van der Waals surface area contributed by atoms with Crippen LogP contribution in [-0.2, 0) is 4.79 Å². The Morgan fingerprint density at radius 2 is 1.89 bits per heavy atom. The SMILES string of the molecule is C[C@H](C(=O)Nc1ccc(F)c(F)c1)N1CCC(c2c[nH]c3ccccc23)CC1. The third-order valence-corrected chi connectivity index (χ3v) is 5.70. The molecule has 1 saturated heterocycles. The minimum absolute atomic E-state index is 0.212. The van der Waals surface area contributed by atoms with E-state index in [0.29, 0.717) is 5.92 Å². The van der Waals surface area contributed by atoms with E-state index in [1.807, 2.05) is 13.0 Å². The van der Waals surface area contributed by atoms with Crippen LogP contribution in [0.3, 0.4) is 0 Å². The summed E-state index contributed by atoms with van der Waals surface area (Å²) >= 11 is 0. The molecule has 0 spiro atoms. The van der Waals surface area contributed by atoms with E-state index in [0.717, 1.165) is 43.6 Å². The number of nitrogens with one attached hydrogen (secondary N) is 2. The van der Waals surface area contributed by atoms with E-state index in [1.54, 1.807) is 0 Å². The van der Waals surface area contributed by atoms with Crippen LogP contribution in [0.15, 0.2) is 48.7 Å². The Hall–Kier alpha value is -2.73. The van der Waals surface area contributed by atoms with Crippen molar-refractivity contribution in [1.29, 1.82) is 0 Å². The number of anilines is 1. The highest BCUT2D eigenvalue weighted by molar-refractivity contribution is 5.94. The molecule has 3 aromatic rings. The van der Waals surface area contributed by atoms with Crippen molar-refractivity contribution in [3.63, 3.8) is 0 Å². The highest BCUT2D eigenvalue weighted by atomic mass is 19.2. The van der Waals surface area contributed by atoms with Crippen LogP contribution in [0.5, 0.6) is 0 Å². The van der Waals surface area contributed by atoms with Gasteiger partial charge in [0.2, 0.25) is 5.91 Å². The molecule has 2 aromatic carbocycles. The third kappa shape index (κ3) is 3.64. The van der Waals surface area contributed by atoms with Gasteiger partial charge in [-0.05, 0) is 62.5 Å². The molecule has 1 amide bonds. The van der Waals surface area contributed by atoms with Crippen LogP contribution in [-0.4, -0.2) is 34.9 Å². The fourth-order valence-electron chi connectivity index (χ4n) is 4.02. The monoisotopic (exact) mass is 383 g/mol. The first-order valence-corrected chi connectivity index (χ1v) is 9.59. The summed E-state index contributed by atoms with van der Waals surface area (Å²) < 4.78 is 26.4. The highest BCUT2D eigenvalue weighted by Gasteiger charge is 2.28. The summed E-state index contributed by atoms with van der Waals surface area (Å²) in [6.45, 7) is 3.48. The van der Waals surface area contributed by atoms with Gasteiger partial charge in [-0.2, -0.15) is 0 Å². The van der Waals surface area contributed by atoms with E-state index in [9.17, 15) is 13.6 Å². The van der Waals surface area contributed by atoms with E-state index < -0.39 is 11.6 Å². The minimum Gasteiger partial charge on any atom is -0.361 e. The van der Waals surface area contributed by atoms with Crippen molar-refractivity contribution in [3.05, 3.63) is 65.9 Å². The predicted octanol–water partition coefficient (Wildman–Crippen LogP) is 4.65. The van der Waals surface area contributed by atoms with E-state index in [-0.39, 0.29) is 17.6 Å². The standard InChI is InChI=1S/C22H23F2N3O/c1-14(22(28)26-16-6-7-19(23)20(24)12-16)27-10-8-15(9-11-27)18-13-25-21-5-3-2-4-17(18)21/h2-7,12-15,25H,8-11H2,1H3,(H,26,28)/t14-/m1/s1. The van der Waals surface area contributed by atoms with Crippen molar-refractivity contribution >= 4 is 22.5 Å². The molecule has 1 aliphatic heterocycles. The van der Waals surface area contributed by atoms with E-state index in [4.69, 9.17) is 0 Å². The van der Waals surface area contributed by atoms with Crippen LogP contribution >= 0.6 is 0 Å². The fourth-order valence-corrected chi connectivity index (χ4v) is 4.02. The van der Waals surface area contributed by atoms with Crippen molar-refractivity contribution in [2.75, 3.05) is 18.4 Å². The summed E-state index contributed by atoms with van der Waals surface area (Å²) in [5.74, 6) is -1.64. The van der Waals surface area contributed by atoms with E-state index in [1.165, 1.54) is 17.0 Å². The van der Waals surface area contributed by atoms with E-state index in [2.05, 4.69) is 39.6 Å². The van der Waals surface area contributed by atoms with Crippen molar-refractivity contribution in [2.45, 2.75) is 31.7 Å². The lowest BCUT2D eigenvalue weighted by atomic mass is 9.88. The summed E-state index contributed by atoms with van der Waals surface area (Å²) in [5.41, 5.74) is 2.76. The second kappa shape index (κ2) is 7.72. The second-order valence-corrected chi connectivity index (χ2v) is 7.39. The Kier molecular flexibility index (Phi) is 5.13. The topological polar surface area (TPSA) is 48.1 Å². The number of para-hydroxylation sites is 1. The van der Waals surface area contributed by atoms with Gasteiger partial charge in [0.25, 0.3) is 0 Å². The summed E-state index contributed by atoms with van der Waals surface area (Å²) in [4.78, 5) is 18.0. The quantitative estimate of drug-likeness (QED) is 0.689. The number of aromatic amines is 1. The maximum absolute atomic E-state index is 13.3. The van der Waals surface area contributed by atoms with Gasteiger partial charge < -0.3 is 10.3 Å². The van der Waals surface area contributed by atoms with Crippen LogP contribution in [0, 0.1) is 11.6 Å². The average molecular weight is 383 g/mol. The summed E-state index contributed by atoms with van der Waals surface area (Å²) in [7, 11) is 0. The number of rotatable bonds is 4. The van der Waals surface area contributed by atoms with Gasteiger partial charge in [0.1, 0.15) is 0 Å². The van der Waals surface area contributed by atoms with Crippen molar-refractivity contribution in [2.24, 2.45) is 0 Å². The molecule has 1 aromatic heterocycles. The van der Waals surface area contributed by atoms with Gasteiger partial charge in [0, 0.05) is 28.9 Å².